The number of nitrogens with one attached hydrogen (secondary N) is 1. The Balaban J connectivity index is 1.74. The molecule has 1 fully saturated rings. The average Bonchev–Trinajstić information content (AvgIpc) is 2.56. The van der Waals surface area contributed by atoms with Gasteiger partial charge in [-0.15, -0.1) is 0 Å². The summed E-state index contributed by atoms with van der Waals surface area (Å²) < 4.78 is 5.13. The van der Waals surface area contributed by atoms with Crippen LogP contribution in [0.1, 0.15) is 6.92 Å². The number of methoxy groups -OCH3 is 1. The Hall–Kier alpha value is -1.79. The summed E-state index contributed by atoms with van der Waals surface area (Å²) in [6.07, 6.45) is 0. The molecule has 1 aliphatic rings. The molecule has 1 saturated heterocycles. The van der Waals surface area contributed by atoms with Gasteiger partial charge in [-0.1, -0.05) is 6.92 Å². The monoisotopic (exact) mass is 319 g/mol. The molecule has 0 saturated carbocycles. The van der Waals surface area contributed by atoms with Gasteiger partial charge in [-0.3, -0.25) is 4.99 Å². The molecule has 6 heteroatoms. The molecule has 0 aromatic heterocycles. The lowest BCUT2D eigenvalue weighted by Gasteiger charge is -2.33. The van der Waals surface area contributed by atoms with Gasteiger partial charge in [0.1, 0.15) is 5.75 Å². The van der Waals surface area contributed by atoms with Gasteiger partial charge in [-0.2, -0.15) is 0 Å². The van der Waals surface area contributed by atoms with Crippen LogP contribution in [0.5, 0.6) is 5.75 Å². The first kappa shape index (κ1) is 17.6. The van der Waals surface area contributed by atoms with Gasteiger partial charge in [0.25, 0.3) is 0 Å². The van der Waals surface area contributed by atoms with E-state index in [1.807, 2.05) is 24.3 Å². The number of hydrogen-bond acceptors (Lipinski definition) is 4. The van der Waals surface area contributed by atoms with Crippen molar-refractivity contribution in [2.24, 2.45) is 16.6 Å². The fourth-order valence-corrected chi connectivity index (χ4v) is 2.64. The highest BCUT2D eigenvalue weighted by molar-refractivity contribution is 5.92. The Morgan fingerprint density at radius 1 is 1.26 bits per heavy atom. The molecule has 0 bridgehead atoms. The summed E-state index contributed by atoms with van der Waals surface area (Å²) in [4.78, 5) is 9.34. The first-order valence-corrected chi connectivity index (χ1v) is 8.18. The summed E-state index contributed by atoms with van der Waals surface area (Å²) in [5.41, 5.74) is 6.88. The molecule has 128 valence electrons. The van der Waals surface area contributed by atoms with E-state index >= 15 is 0 Å². The molecule has 3 N–H and O–H groups in total. The van der Waals surface area contributed by atoms with Crippen LogP contribution in [0.2, 0.25) is 0 Å². The number of aliphatic imine (C=N–C) groups is 1. The quantitative estimate of drug-likeness (QED) is 0.611. The molecule has 6 nitrogen and oxygen atoms in total. The largest absolute Gasteiger partial charge is 0.497 e. The molecule has 0 radical (unpaired) electrons. The van der Waals surface area contributed by atoms with Crippen LogP contribution in [0.4, 0.5) is 5.69 Å². The number of nitrogens with two attached hydrogens (primary N) is 1. The molecule has 1 unspecified atom stereocenters. The van der Waals surface area contributed by atoms with Crippen LogP contribution >= 0.6 is 0 Å². The van der Waals surface area contributed by atoms with E-state index in [1.165, 1.54) is 0 Å². The standard InChI is InChI=1S/C17H29N5O/c1-14(13-22-10-8-21(2)9-11-22)12-19-17(18)20-15-4-6-16(23-3)7-5-15/h4-7,14H,8-13H2,1-3H3,(H3,18,19,20). The third kappa shape index (κ3) is 6.08. The van der Waals surface area contributed by atoms with Crippen LogP contribution in [-0.4, -0.2) is 69.2 Å². The molecule has 1 aromatic carbocycles. The van der Waals surface area contributed by atoms with E-state index in [4.69, 9.17) is 10.5 Å². The topological polar surface area (TPSA) is 66.1 Å². The summed E-state index contributed by atoms with van der Waals surface area (Å²) in [6, 6.07) is 7.64. The minimum absolute atomic E-state index is 0.459. The molecule has 0 spiro atoms. The minimum Gasteiger partial charge on any atom is -0.497 e. The normalized spacial score (nSPS) is 18.7. The first-order valence-electron chi connectivity index (χ1n) is 8.18. The van der Waals surface area contributed by atoms with Gasteiger partial charge in [-0.25, -0.2) is 0 Å². The second kappa shape index (κ2) is 8.74. The van der Waals surface area contributed by atoms with Crippen molar-refractivity contribution in [2.45, 2.75) is 6.92 Å². The van der Waals surface area contributed by atoms with Crippen molar-refractivity contribution in [1.82, 2.24) is 9.80 Å². The fourth-order valence-electron chi connectivity index (χ4n) is 2.64. The lowest BCUT2D eigenvalue weighted by molar-refractivity contribution is 0.140. The van der Waals surface area contributed by atoms with Crippen molar-refractivity contribution >= 4 is 11.6 Å². The summed E-state index contributed by atoms with van der Waals surface area (Å²) >= 11 is 0. The van der Waals surface area contributed by atoms with Crippen LogP contribution in [0, 0.1) is 5.92 Å². The summed E-state index contributed by atoms with van der Waals surface area (Å²) in [5, 5.41) is 3.11. The third-order valence-electron chi connectivity index (χ3n) is 4.10. The van der Waals surface area contributed by atoms with Gasteiger partial charge in [0, 0.05) is 45.0 Å². The zero-order valence-corrected chi connectivity index (χ0v) is 14.5. The van der Waals surface area contributed by atoms with Crippen LogP contribution in [0.15, 0.2) is 29.3 Å². The highest BCUT2D eigenvalue weighted by Crippen LogP contribution is 2.14. The number of benzene rings is 1. The van der Waals surface area contributed by atoms with Gasteiger partial charge < -0.3 is 25.6 Å². The van der Waals surface area contributed by atoms with Crippen LogP contribution < -0.4 is 15.8 Å². The predicted octanol–water partition coefficient (Wildman–Crippen LogP) is 1.31. The second-order valence-electron chi connectivity index (χ2n) is 6.29. The smallest absolute Gasteiger partial charge is 0.193 e. The third-order valence-corrected chi connectivity index (χ3v) is 4.10. The van der Waals surface area contributed by atoms with E-state index in [9.17, 15) is 0 Å². The van der Waals surface area contributed by atoms with Crippen molar-refractivity contribution in [3.05, 3.63) is 24.3 Å². The SMILES string of the molecule is COc1ccc(NC(N)=NCC(C)CN2CCN(C)CC2)cc1. The molecular formula is C17H29N5O. The minimum atomic E-state index is 0.459. The molecule has 2 rings (SSSR count). The maximum absolute atomic E-state index is 5.96. The Kier molecular flexibility index (Phi) is 6.67. The molecule has 0 amide bonds. The molecule has 23 heavy (non-hydrogen) atoms. The second-order valence-corrected chi connectivity index (χ2v) is 6.29. The number of rotatable bonds is 6. The summed E-state index contributed by atoms with van der Waals surface area (Å²) in [7, 11) is 3.83. The van der Waals surface area contributed by atoms with E-state index in [2.05, 4.69) is 34.1 Å². The summed E-state index contributed by atoms with van der Waals surface area (Å²) in [6.45, 7) is 8.62. The van der Waals surface area contributed by atoms with Crippen molar-refractivity contribution in [1.29, 1.82) is 0 Å². The van der Waals surface area contributed by atoms with E-state index in [0.717, 1.165) is 50.7 Å². The van der Waals surface area contributed by atoms with Crippen molar-refractivity contribution in [2.75, 3.05) is 58.7 Å². The van der Waals surface area contributed by atoms with Gasteiger partial charge in [0.05, 0.1) is 7.11 Å². The Morgan fingerprint density at radius 2 is 1.91 bits per heavy atom. The Labute approximate surface area is 139 Å². The Bertz CT molecular complexity index is 494. The molecule has 1 aromatic rings. The molecule has 1 atom stereocenters. The van der Waals surface area contributed by atoms with Gasteiger partial charge in [0.15, 0.2) is 5.96 Å². The zero-order chi connectivity index (χ0) is 16.7. The van der Waals surface area contributed by atoms with Gasteiger partial charge in [0.2, 0.25) is 0 Å². The number of ether oxygens (including phenoxy) is 1. The molecular weight excluding hydrogens is 290 g/mol. The zero-order valence-electron chi connectivity index (χ0n) is 14.5. The highest BCUT2D eigenvalue weighted by atomic mass is 16.5. The number of nitrogens with zero attached hydrogens (tertiary/aromatic N) is 3. The van der Waals surface area contributed by atoms with Gasteiger partial charge in [-0.05, 0) is 37.2 Å². The summed E-state index contributed by atoms with van der Waals surface area (Å²) in [5.74, 6) is 1.78. The van der Waals surface area contributed by atoms with E-state index in [-0.39, 0.29) is 0 Å². The highest BCUT2D eigenvalue weighted by Gasteiger charge is 2.15. The van der Waals surface area contributed by atoms with Crippen molar-refractivity contribution < 1.29 is 4.74 Å². The van der Waals surface area contributed by atoms with E-state index in [1.54, 1.807) is 7.11 Å². The number of likely N-dealkylation sites (N-methyl/N-ethyl adjacent to an activating group) is 1. The van der Waals surface area contributed by atoms with E-state index in [0.29, 0.717) is 11.9 Å². The number of hydrogen-bond donors (Lipinski definition) is 2. The first-order chi connectivity index (χ1) is 11.1. The average molecular weight is 319 g/mol. The number of piperazine rings is 1. The number of guanidine groups is 1. The molecule has 0 aliphatic carbocycles. The van der Waals surface area contributed by atoms with Crippen LogP contribution in [0.3, 0.4) is 0 Å². The molecule has 1 heterocycles. The number of anilines is 1. The Morgan fingerprint density at radius 3 is 2.52 bits per heavy atom. The van der Waals surface area contributed by atoms with Crippen LogP contribution in [0.25, 0.3) is 0 Å². The van der Waals surface area contributed by atoms with Crippen molar-refractivity contribution in [3.8, 4) is 5.75 Å². The van der Waals surface area contributed by atoms with Crippen LogP contribution in [-0.2, 0) is 0 Å². The fraction of sp³-hybridized carbons (Fsp3) is 0.588. The maximum atomic E-state index is 5.96. The van der Waals surface area contributed by atoms with Gasteiger partial charge >= 0.3 is 0 Å². The lowest BCUT2D eigenvalue weighted by atomic mass is 10.1. The predicted molar refractivity (Wildman–Crippen MR) is 96.2 cm³/mol. The maximum Gasteiger partial charge on any atom is 0.193 e. The van der Waals surface area contributed by atoms with E-state index < -0.39 is 0 Å². The lowest BCUT2D eigenvalue weighted by Crippen LogP contribution is -2.46. The van der Waals surface area contributed by atoms with Crippen molar-refractivity contribution in [3.63, 3.8) is 0 Å². The molecule has 1 aliphatic heterocycles.